The maximum Gasteiger partial charge on any atom is 0.233 e. The first-order chi connectivity index (χ1) is 10.5. The summed E-state index contributed by atoms with van der Waals surface area (Å²) < 4.78 is 0. The number of pyridine rings is 1. The first-order valence-electron chi connectivity index (χ1n) is 6.80. The van der Waals surface area contributed by atoms with Gasteiger partial charge in [0.2, 0.25) is 5.91 Å². The second-order valence-electron chi connectivity index (χ2n) is 4.82. The van der Waals surface area contributed by atoms with Gasteiger partial charge < -0.3 is 5.32 Å². The molecule has 0 saturated carbocycles. The molecule has 0 unspecified atom stereocenters. The first kappa shape index (κ1) is 17.1. The predicted octanol–water partition coefficient (Wildman–Crippen LogP) is 4.75. The molecule has 0 radical (unpaired) electrons. The van der Waals surface area contributed by atoms with Crippen molar-refractivity contribution in [3.63, 3.8) is 0 Å². The van der Waals surface area contributed by atoms with Crippen molar-refractivity contribution in [1.82, 2.24) is 10.3 Å². The van der Waals surface area contributed by atoms with Crippen molar-refractivity contribution in [2.75, 3.05) is 0 Å². The monoisotopic (exact) mass is 354 g/mol. The van der Waals surface area contributed by atoms with E-state index in [2.05, 4.69) is 10.3 Å². The maximum absolute atomic E-state index is 12.3. The summed E-state index contributed by atoms with van der Waals surface area (Å²) in [7, 11) is 0. The van der Waals surface area contributed by atoms with E-state index in [1.807, 2.05) is 38.1 Å². The van der Waals surface area contributed by atoms with Crippen LogP contribution in [0.1, 0.15) is 25.5 Å². The third kappa shape index (κ3) is 4.63. The SMILES string of the molecule is C[C@H](Sc1ccccn1)C(=O)N[C@H](C)c1ccc(Cl)cc1Cl. The minimum Gasteiger partial charge on any atom is -0.349 e. The number of thioether (sulfide) groups is 1. The molecule has 22 heavy (non-hydrogen) atoms. The van der Waals surface area contributed by atoms with Gasteiger partial charge in [0.15, 0.2) is 0 Å². The minimum absolute atomic E-state index is 0.0610. The topological polar surface area (TPSA) is 42.0 Å². The predicted molar refractivity (Wildman–Crippen MR) is 92.6 cm³/mol. The second-order valence-corrected chi connectivity index (χ2v) is 7.03. The fraction of sp³-hybridized carbons (Fsp3) is 0.250. The highest BCUT2D eigenvalue weighted by molar-refractivity contribution is 8.00. The summed E-state index contributed by atoms with van der Waals surface area (Å²) in [4.78, 5) is 16.5. The molecule has 0 bridgehead atoms. The number of benzene rings is 1. The Hall–Kier alpha value is -1.23. The lowest BCUT2D eigenvalue weighted by atomic mass is 10.1. The number of aromatic nitrogens is 1. The second kappa shape index (κ2) is 7.86. The van der Waals surface area contributed by atoms with E-state index in [-0.39, 0.29) is 17.2 Å². The molecule has 1 heterocycles. The summed E-state index contributed by atoms with van der Waals surface area (Å²) in [6.45, 7) is 3.75. The van der Waals surface area contributed by atoms with Crippen molar-refractivity contribution in [1.29, 1.82) is 0 Å². The number of hydrogen-bond donors (Lipinski definition) is 1. The number of amides is 1. The van der Waals surface area contributed by atoms with Crippen LogP contribution in [0.25, 0.3) is 0 Å². The van der Waals surface area contributed by atoms with Crippen molar-refractivity contribution in [3.8, 4) is 0 Å². The van der Waals surface area contributed by atoms with Crippen molar-refractivity contribution in [2.24, 2.45) is 0 Å². The molecule has 1 aromatic carbocycles. The molecule has 1 aromatic heterocycles. The molecular weight excluding hydrogens is 339 g/mol. The fourth-order valence-electron chi connectivity index (χ4n) is 1.91. The highest BCUT2D eigenvalue weighted by Gasteiger charge is 2.19. The molecule has 6 heteroatoms. The summed E-state index contributed by atoms with van der Waals surface area (Å²) in [5.74, 6) is -0.0610. The number of nitrogens with one attached hydrogen (secondary N) is 1. The molecule has 116 valence electrons. The zero-order valence-electron chi connectivity index (χ0n) is 12.2. The van der Waals surface area contributed by atoms with Crippen LogP contribution in [0.5, 0.6) is 0 Å². The zero-order chi connectivity index (χ0) is 16.1. The highest BCUT2D eigenvalue weighted by Crippen LogP contribution is 2.27. The van der Waals surface area contributed by atoms with E-state index in [9.17, 15) is 4.79 Å². The number of nitrogens with zero attached hydrogens (tertiary/aromatic N) is 1. The van der Waals surface area contributed by atoms with Gasteiger partial charge in [0.25, 0.3) is 0 Å². The highest BCUT2D eigenvalue weighted by atomic mass is 35.5. The molecule has 0 aliphatic carbocycles. The van der Waals surface area contributed by atoms with E-state index in [1.54, 1.807) is 18.3 Å². The van der Waals surface area contributed by atoms with E-state index in [1.165, 1.54) is 11.8 Å². The lowest BCUT2D eigenvalue weighted by Crippen LogP contribution is -2.33. The van der Waals surface area contributed by atoms with Gasteiger partial charge in [0.05, 0.1) is 16.3 Å². The Morgan fingerprint density at radius 1 is 1.23 bits per heavy atom. The summed E-state index contributed by atoms with van der Waals surface area (Å²) >= 11 is 13.5. The number of carbonyl (C=O) groups excluding carboxylic acids is 1. The Morgan fingerprint density at radius 3 is 2.64 bits per heavy atom. The fourth-order valence-corrected chi connectivity index (χ4v) is 3.30. The molecule has 0 fully saturated rings. The molecule has 0 spiro atoms. The van der Waals surface area contributed by atoms with Gasteiger partial charge in [0, 0.05) is 16.2 Å². The van der Waals surface area contributed by atoms with Crippen LogP contribution >= 0.6 is 35.0 Å². The van der Waals surface area contributed by atoms with Crippen LogP contribution < -0.4 is 5.32 Å². The lowest BCUT2D eigenvalue weighted by molar-refractivity contribution is -0.120. The molecule has 0 aliphatic rings. The van der Waals surface area contributed by atoms with Crippen molar-refractivity contribution in [2.45, 2.75) is 30.2 Å². The van der Waals surface area contributed by atoms with E-state index in [0.717, 1.165) is 10.6 Å². The van der Waals surface area contributed by atoms with Crippen LogP contribution in [0.15, 0.2) is 47.6 Å². The average Bonchev–Trinajstić information content (AvgIpc) is 2.47. The van der Waals surface area contributed by atoms with Gasteiger partial charge in [-0.25, -0.2) is 4.98 Å². The summed E-state index contributed by atoms with van der Waals surface area (Å²) in [5, 5.41) is 4.66. The molecule has 0 aliphatic heterocycles. The summed E-state index contributed by atoms with van der Waals surface area (Å²) in [6.07, 6.45) is 1.71. The van der Waals surface area contributed by atoms with Crippen molar-refractivity contribution >= 4 is 40.9 Å². The van der Waals surface area contributed by atoms with Crippen LogP contribution in [0, 0.1) is 0 Å². The number of rotatable bonds is 5. The van der Waals surface area contributed by atoms with Crippen LogP contribution in [-0.2, 0) is 4.79 Å². The quantitative estimate of drug-likeness (QED) is 0.788. The number of halogens is 2. The Labute approximate surface area is 144 Å². The van der Waals surface area contributed by atoms with Gasteiger partial charge in [-0.1, -0.05) is 47.1 Å². The molecule has 2 atom stereocenters. The van der Waals surface area contributed by atoms with E-state index >= 15 is 0 Å². The molecular formula is C16H16Cl2N2OS. The van der Waals surface area contributed by atoms with Crippen LogP contribution in [0.3, 0.4) is 0 Å². The standard InChI is InChI=1S/C16H16Cl2N2OS/c1-10(13-7-6-12(17)9-14(13)18)20-16(21)11(2)22-15-5-3-4-8-19-15/h3-11H,1-2H3,(H,20,21)/t10-,11+/m1/s1. The summed E-state index contributed by atoms with van der Waals surface area (Å²) in [5.41, 5.74) is 0.842. The number of hydrogen-bond acceptors (Lipinski definition) is 3. The lowest BCUT2D eigenvalue weighted by Gasteiger charge is -2.18. The zero-order valence-corrected chi connectivity index (χ0v) is 14.5. The number of carbonyl (C=O) groups is 1. The molecule has 1 N–H and O–H groups in total. The van der Waals surface area contributed by atoms with E-state index in [4.69, 9.17) is 23.2 Å². The van der Waals surface area contributed by atoms with Crippen LogP contribution in [-0.4, -0.2) is 16.1 Å². The normalized spacial score (nSPS) is 13.5. The average molecular weight is 355 g/mol. The maximum atomic E-state index is 12.3. The molecule has 2 rings (SSSR count). The van der Waals surface area contributed by atoms with Crippen molar-refractivity contribution < 1.29 is 4.79 Å². The van der Waals surface area contributed by atoms with Gasteiger partial charge >= 0.3 is 0 Å². The first-order valence-corrected chi connectivity index (χ1v) is 8.44. The van der Waals surface area contributed by atoms with Crippen molar-refractivity contribution in [3.05, 3.63) is 58.2 Å². The van der Waals surface area contributed by atoms with E-state index in [0.29, 0.717) is 10.0 Å². The van der Waals surface area contributed by atoms with Gasteiger partial charge in [-0.2, -0.15) is 0 Å². The molecule has 0 saturated heterocycles. The summed E-state index contributed by atoms with van der Waals surface area (Å²) in [6, 6.07) is 10.7. The van der Waals surface area contributed by atoms with E-state index < -0.39 is 0 Å². The van der Waals surface area contributed by atoms with Crippen LogP contribution in [0.2, 0.25) is 10.0 Å². The van der Waals surface area contributed by atoms with Gasteiger partial charge in [-0.15, -0.1) is 0 Å². The largest absolute Gasteiger partial charge is 0.349 e. The third-order valence-electron chi connectivity index (χ3n) is 3.09. The third-order valence-corrected chi connectivity index (χ3v) is 4.71. The smallest absolute Gasteiger partial charge is 0.233 e. The van der Waals surface area contributed by atoms with Gasteiger partial charge in [-0.05, 0) is 43.7 Å². The molecule has 1 amide bonds. The van der Waals surface area contributed by atoms with Crippen LogP contribution in [0.4, 0.5) is 0 Å². The minimum atomic E-state index is -0.247. The van der Waals surface area contributed by atoms with Gasteiger partial charge in [0.1, 0.15) is 0 Å². The van der Waals surface area contributed by atoms with Gasteiger partial charge in [-0.3, -0.25) is 4.79 Å². The Bertz CT molecular complexity index is 652. The molecule has 3 nitrogen and oxygen atoms in total. The Balaban J connectivity index is 1.98. The Kier molecular flexibility index (Phi) is 6.12. The molecule has 2 aromatic rings. The Morgan fingerprint density at radius 2 is 2.00 bits per heavy atom.